The van der Waals surface area contributed by atoms with Crippen molar-refractivity contribution in [3.05, 3.63) is 41.1 Å². The number of hydrogen-bond acceptors (Lipinski definition) is 7. The van der Waals surface area contributed by atoms with Crippen molar-refractivity contribution in [1.29, 1.82) is 5.41 Å². The average Bonchev–Trinajstić information content (AvgIpc) is 3.06. The maximum atomic E-state index is 14.6. The highest BCUT2D eigenvalue weighted by Gasteiger charge is 2.50. The van der Waals surface area contributed by atoms with Crippen LogP contribution in [-0.4, -0.2) is 66.8 Å². The predicted octanol–water partition coefficient (Wildman–Crippen LogP) is 3.30. The summed E-state index contributed by atoms with van der Waals surface area (Å²) in [5.41, 5.74) is 7.53. The summed E-state index contributed by atoms with van der Waals surface area (Å²) < 4.78 is 67.5. The van der Waals surface area contributed by atoms with Crippen molar-refractivity contribution in [1.82, 2.24) is 10.2 Å². The molecule has 13 heteroatoms. The first kappa shape index (κ1) is 26.9. The van der Waals surface area contributed by atoms with E-state index in [1.807, 2.05) is 0 Å². The number of halogens is 5. The van der Waals surface area contributed by atoms with Crippen LogP contribution in [0.2, 0.25) is 0 Å². The highest BCUT2D eigenvalue weighted by atomic mass is 19.4. The average molecular weight is 487 g/mol. The Morgan fingerprint density at radius 1 is 1.41 bits per heavy atom. The van der Waals surface area contributed by atoms with Gasteiger partial charge >= 0.3 is 6.18 Å². The van der Waals surface area contributed by atoms with Gasteiger partial charge in [0.1, 0.15) is 6.04 Å². The van der Waals surface area contributed by atoms with Gasteiger partial charge in [-0.15, -0.1) is 0 Å². The molecule has 1 fully saturated rings. The van der Waals surface area contributed by atoms with Gasteiger partial charge in [0.2, 0.25) is 0 Å². The molecule has 2 atom stereocenters. The van der Waals surface area contributed by atoms with Gasteiger partial charge in [0.25, 0.3) is 11.8 Å². The van der Waals surface area contributed by atoms with Crippen LogP contribution in [-0.2, 0) is 0 Å². The van der Waals surface area contributed by atoms with Gasteiger partial charge < -0.3 is 16.0 Å². The topological polar surface area (TPSA) is 119 Å². The standard InChI is InChI=1S/C21H26F5N7O/c1-13-4-3-5-16(18(13)32-31-8-7-27)19(34)33-9-6-20(22,23)17(33)12-30-14(2)29-11-15(10-28)21(24,25)26/h3-5,7-8,10-11,14,17,27,30,32H,6,9,12,28H2,1-2H3/b15-10?,27-7?,29-11-,31-8-. The molecule has 2 rings (SSSR count). The Morgan fingerprint density at radius 2 is 2.12 bits per heavy atom. The summed E-state index contributed by atoms with van der Waals surface area (Å²) in [6.45, 7) is 2.50. The third kappa shape index (κ3) is 6.59. The molecule has 0 saturated carbocycles. The van der Waals surface area contributed by atoms with Crippen LogP contribution >= 0.6 is 0 Å². The van der Waals surface area contributed by atoms with Gasteiger partial charge in [-0.25, -0.2) is 8.78 Å². The van der Waals surface area contributed by atoms with Gasteiger partial charge in [-0.1, -0.05) is 12.1 Å². The Bertz CT molecular complexity index is 975. The Hall–Kier alpha value is -3.35. The van der Waals surface area contributed by atoms with Crippen molar-refractivity contribution >= 4 is 30.2 Å². The van der Waals surface area contributed by atoms with E-state index in [9.17, 15) is 26.7 Å². The number of benzene rings is 1. The molecule has 34 heavy (non-hydrogen) atoms. The molecule has 1 heterocycles. The van der Waals surface area contributed by atoms with Crippen molar-refractivity contribution in [3.8, 4) is 0 Å². The number of alkyl halides is 5. The molecule has 0 bridgehead atoms. The molecular formula is C21H26F5N7O. The summed E-state index contributed by atoms with van der Waals surface area (Å²) >= 11 is 0. The van der Waals surface area contributed by atoms with E-state index in [1.165, 1.54) is 13.0 Å². The smallest absolute Gasteiger partial charge is 0.404 e. The molecule has 0 aliphatic carbocycles. The number of nitrogens with zero attached hydrogens (tertiary/aromatic N) is 3. The summed E-state index contributed by atoms with van der Waals surface area (Å²) in [5.74, 6) is -3.86. The monoisotopic (exact) mass is 487 g/mol. The predicted molar refractivity (Wildman–Crippen MR) is 121 cm³/mol. The largest absolute Gasteiger partial charge is 0.419 e. The second-order valence-electron chi connectivity index (χ2n) is 7.56. The molecule has 8 nitrogen and oxygen atoms in total. The van der Waals surface area contributed by atoms with E-state index < -0.39 is 48.8 Å². The molecule has 5 N–H and O–H groups in total. The van der Waals surface area contributed by atoms with Crippen LogP contribution in [0.5, 0.6) is 0 Å². The van der Waals surface area contributed by atoms with Crippen LogP contribution in [0.3, 0.4) is 0 Å². The Balaban J connectivity index is 2.20. The number of amides is 1. The van der Waals surface area contributed by atoms with Crippen LogP contribution in [0, 0.1) is 12.3 Å². The number of para-hydroxylation sites is 1. The van der Waals surface area contributed by atoms with Gasteiger partial charge in [-0.3, -0.25) is 20.5 Å². The molecular weight excluding hydrogens is 461 g/mol. The normalized spacial score (nSPS) is 19.7. The Labute approximate surface area is 193 Å². The van der Waals surface area contributed by atoms with Gasteiger partial charge in [0.15, 0.2) is 0 Å². The number of carbonyl (C=O) groups is 1. The maximum absolute atomic E-state index is 14.6. The van der Waals surface area contributed by atoms with E-state index in [4.69, 9.17) is 11.1 Å². The number of allylic oxidation sites excluding steroid dienone is 1. The van der Waals surface area contributed by atoms with Gasteiger partial charge in [0.05, 0.1) is 29.2 Å². The van der Waals surface area contributed by atoms with E-state index in [2.05, 4.69) is 20.8 Å². The molecule has 186 valence electrons. The number of rotatable bonds is 9. The van der Waals surface area contributed by atoms with Crippen LogP contribution < -0.4 is 16.5 Å². The summed E-state index contributed by atoms with van der Waals surface area (Å²) in [4.78, 5) is 17.9. The minimum absolute atomic E-state index is 0.124. The van der Waals surface area contributed by atoms with Crippen LogP contribution in [0.1, 0.15) is 29.3 Å². The van der Waals surface area contributed by atoms with Gasteiger partial charge in [-0.2, -0.15) is 18.3 Å². The summed E-state index contributed by atoms with van der Waals surface area (Å²) in [6, 6.07) is 3.25. The zero-order valence-corrected chi connectivity index (χ0v) is 18.5. The number of hydrogen-bond donors (Lipinski definition) is 4. The molecule has 1 aromatic rings. The van der Waals surface area contributed by atoms with Crippen molar-refractivity contribution < 1.29 is 26.7 Å². The fraction of sp³-hybridized carbons (Fsp3) is 0.429. The molecule has 1 aliphatic rings. The second kappa shape index (κ2) is 11.2. The minimum Gasteiger partial charge on any atom is -0.404 e. The van der Waals surface area contributed by atoms with Crippen molar-refractivity contribution in [2.45, 2.75) is 44.6 Å². The van der Waals surface area contributed by atoms with Gasteiger partial charge in [-0.05, 0) is 25.5 Å². The molecule has 0 spiro atoms. The summed E-state index contributed by atoms with van der Waals surface area (Å²) in [7, 11) is 0. The lowest BCUT2D eigenvalue weighted by atomic mass is 10.1. The first-order valence-corrected chi connectivity index (χ1v) is 10.2. The number of nitrogens with two attached hydrogens (primary N) is 1. The SMILES string of the molecule is Cc1cccc(C(=O)N2CCC(F)(F)C2CNC(C)/N=C\C(=CN)C(F)(F)F)c1N/N=C\C=N. The van der Waals surface area contributed by atoms with Crippen molar-refractivity contribution in [3.63, 3.8) is 0 Å². The highest BCUT2D eigenvalue weighted by molar-refractivity contribution is 6.14. The van der Waals surface area contributed by atoms with Crippen LogP contribution in [0.25, 0.3) is 0 Å². The van der Waals surface area contributed by atoms with Crippen molar-refractivity contribution in [2.24, 2.45) is 15.8 Å². The van der Waals surface area contributed by atoms with Crippen molar-refractivity contribution in [2.75, 3.05) is 18.5 Å². The quantitative estimate of drug-likeness (QED) is 0.243. The third-order valence-electron chi connectivity index (χ3n) is 5.19. The number of aryl methyl sites for hydroxylation is 1. The number of aliphatic imine (C=N–C) groups is 1. The van der Waals surface area contributed by atoms with E-state index in [0.717, 1.165) is 17.3 Å². The van der Waals surface area contributed by atoms with E-state index in [1.54, 1.807) is 19.1 Å². The first-order valence-electron chi connectivity index (χ1n) is 10.2. The molecule has 0 radical (unpaired) electrons. The highest BCUT2D eigenvalue weighted by Crippen LogP contribution is 2.36. The summed E-state index contributed by atoms with van der Waals surface area (Å²) in [6.07, 6.45) is -3.23. The third-order valence-corrected chi connectivity index (χ3v) is 5.19. The zero-order chi connectivity index (χ0) is 25.5. The zero-order valence-electron chi connectivity index (χ0n) is 18.5. The van der Waals surface area contributed by atoms with E-state index >= 15 is 0 Å². The molecule has 1 aliphatic heterocycles. The molecule has 1 amide bonds. The lowest BCUT2D eigenvalue weighted by Gasteiger charge is -2.29. The fourth-order valence-corrected chi connectivity index (χ4v) is 3.35. The number of carbonyl (C=O) groups excluding carboxylic acids is 1. The lowest BCUT2D eigenvalue weighted by molar-refractivity contribution is -0.0858. The molecule has 0 aromatic heterocycles. The first-order chi connectivity index (χ1) is 15.9. The fourth-order valence-electron chi connectivity index (χ4n) is 3.35. The number of hydrazone groups is 1. The molecule has 1 saturated heterocycles. The summed E-state index contributed by atoms with van der Waals surface area (Å²) in [5, 5.41) is 13.4. The Kier molecular flexibility index (Phi) is 8.85. The van der Waals surface area contributed by atoms with E-state index in [-0.39, 0.29) is 12.1 Å². The Morgan fingerprint density at radius 3 is 2.74 bits per heavy atom. The van der Waals surface area contributed by atoms with E-state index in [0.29, 0.717) is 23.7 Å². The molecule has 2 unspecified atom stereocenters. The molecule has 1 aromatic carbocycles. The number of nitrogens with one attached hydrogen (secondary N) is 3. The lowest BCUT2D eigenvalue weighted by Crippen LogP contribution is -2.50. The van der Waals surface area contributed by atoms with Gasteiger partial charge in [0, 0.05) is 38.1 Å². The number of likely N-dealkylation sites (tertiary alicyclic amines) is 1. The number of anilines is 1. The maximum Gasteiger partial charge on any atom is 0.419 e. The van der Waals surface area contributed by atoms with Crippen LogP contribution in [0.4, 0.5) is 27.6 Å². The second-order valence-corrected chi connectivity index (χ2v) is 7.56. The minimum atomic E-state index is -4.69. The van der Waals surface area contributed by atoms with Crippen LogP contribution in [0.15, 0.2) is 40.1 Å².